The van der Waals surface area contributed by atoms with E-state index < -0.39 is 0 Å². The number of nitrogens with zero attached hydrogens (tertiary/aromatic N) is 2. The van der Waals surface area contributed by atoms with Crippen LogP contribution < -0.4 is 11.5 Å². The molecule has 4 aromatic rings. The molecule has 0 atom stereocenters. The highest BCUT2D eigenvalue weighted by Gasteiger charge is 2.12. The Morgan fingerprint density at radius 3 is 2.71 bits per heavy atom. The van der Waals surface area contributed by atoms with Crippen molar-refractivity contribution in [3.8, 4) is 0 Å². The second kappa shape index (κ2) is 5.38. The van der Waals surface area contributed by atoms with Gasteiger partial charge in [-0.05, 0) is 34.9 Å². The van der Waals surface area contributed by atoms with Gasteiger partial charge in [0, 0.05) is 5.56 Å². The number of nitrogens with two attached hydrogens (primary N) is 2. The van der Waals surface area contributed by atoms with Crippen LogP contribution in [0.4, 0.5) is 11.8 Å². The number of hydrogen-bond donors (Lipinski definition) is 2. The van der Waals surface area contributed by atoms with Crippen LogP contribution in [0, 0.1) is 0 Å². The molecular formula is C19H16N4O. The molecule has 0 aliphatic heterocycles. The first-order chi connectivity index (χ1) is 11.6. The monoisotopic (exact) mass is 316 g/mol. The summed E-state index contributed by atoms with van der Waals surface area (Å²) in [5.74, 6) is 0.430. The van der Waals surface area contributed by atoms with Crippen LogP contribution in [-0.2, 0) is 0 Å². The molecule has 118 valence electrons. The van der Waals surface area contributed by atoms with Crippen molar-refractivity contribution in [1.29, 1.82) is 0 Å². The Hall–Kier alpha value is -3.34. The van der Waals surface area contributed by atoms with Gasteiger partial charge in [0.15, 0.2) is 0 Å². The van der Waals surface area contributed by atoms with Gasteiger partial charge in [0.05, 0.1) is 5.39 Å². The third-order valence-electron chi connectivity index (χ3n) is 4.09. The fourth-order valence-electron chi connectivity index (χ4n) is 3.00. The van der Waals surface area contributed by atoms with Crippen LogP contribution in [0.2, 0.25) is 0 Å². The number of fused-ring (bicyclic) bond motifs is 2. The minimum absolute atomic E-state index is 0.107. The molecule has 24 heavy (non-hydrogen) atoms. The van der Waals surface area contributed by atoms with E-state index in [0.29, 0.717) is 16.9 Å². The smallest absolute Gasteiger partial charge is 0.233 e. The van der Waals surface area contributed by atoms with Crippen LogP contribution in [-0.4, -0.2) is 9.97 Å². The van der Waals surface area contributed by atoms with Gasteiger partial charge in [-0.15, -0.1) is 0 Å². The van der Waals surface area contributed by atoms with E-state index in [1.807, 2.05) is 18.2 Å². The van der Waals surface area contributed by atoms with Gasteiger partial charge in [0.1, 0.15) is 12.1 Å². The standard InChI is InChI=1S/C19H16N4O/c1-11(14-8-4-6-12-5-2-3-7-15(12)14)9-13-10-24-18-16(13)17(20)22-19(21)23-18/h2-10H,1H3,(H4,20,21,22,23)/b11-9+. The molecule has 0 saturated heterocycles. The minimum Gasteiger partial charge on any atom is -0.445 e. The zero-order valence-corrected chi connectivity index (χ0v) is 13.2. The summed E-state index contributed by atoms with van der Waals surface area (Å²) in [6, 6.07) is 14.6. The van der Waals surface area contributed by atoms with Crippen LogP contribution in [0.3, 0.4) is 0 Å². The molecule has 0 unspecified atom stereocenters. The summed E-state index contributed by atoms with van der Waals surface area (Å²) in [5.41, 5.74) is 15.1. The maximum Gasteiger partial charge on any atom is 0.233 e. The average Bonchev–Trinajstić information content (AvgIpc) is 2.97. The van der Waals surface area contributed by atoms with Gasteiger partial charge < -0.3 is 15.9 Å². The zero-order valence-electron chi connectivity index (χ0n) is 13.2. The Kier molecular flexibility index (Phi) is 3.20. The molecule has 0 amide bonds. The second-order valence-corrected chi connectivity index (χ2v) is 5.69. The maximum absolute atomic E-state index is 5.99. The fraction of sp³-hybridized carbons (Fsp3) is 0.0526. The molecule has 4 N–H and O–H groups in total. The second-order valence-electron chi connectivity index (χ2n) is 5.69. The van der Waals surface area contributed by atoms with Crippen LogP contribution in [0.5, 0.6) is 0 Å². The van der Waals surface area contributed by atoms with Gasteiger partial charge in [-0.3, -0.25) is 0 Å². The van der Waals surface area contributed by atoms with E-state index in [1.54, 1.807) is 6.26 Å². The van der Waals surface area contributed by atoms with Crippen LogP contribution in [0.25, 0.3) is 33.5 Å². The summed E-state index contributed by atoms with van der Waals surface area (Å²) in [4.78, 5) is 8.10. The first-order valence-corrected chi connectivity index (χ1v) is 7.60. The molecule has 0 fully saturated rings. The molecule has 0 radical (unpaired) electrons. The first-order valence-electron chi connectivity index (χ1n) is 7.60. The fourth-order valence-corrected chi connectivity index (χ4v) is 3.00. The molecule has 0 spiro atoms. The van der Waals surface area contributed by atoms with Crippen LogP contribution in [0.15, 0.2) is 53.1 Å². The Balaban J connectivity index is 1.89. The average molecular weight is 316 g/mol. The van der Waals surface area contributed by atoms with Gasteiger partial charge in [-0.1, -0.05) is 42.5 Å². The minimum atomic E-state index is 0.107. The molecule has 2 aromatic heterocycles. The van der Waals surface area contributed by atoms with E-state index >= 15 is 0 Å². The van der Waals surface area contributed by atoms with Gasteiger partial charge in [0.25, 0.3) is 0 Å². The number of aromatic nitrogens is 2. The molecule has 2 aromatic carbocycles. The highest BCUT2D eigenvalue weighted by molar-refractivity contribution is 6.01. The molecule has 0 bridgehead atoms. The maximum atomic E-state index is 5.99. The van der Waals surface area contributed by atoms with E-state index in [1.165, 1.54) is 10.8 Å². The Morgan fingerprint density at radius 1 is 1.04 bits per heavy atom. The normalized spacial score (nSPS) is 12.1. The third kappa shape index (κ3) is 2.27. The van der Waals surface area contributed by atoms with E-state index in [0.717, 1.165) is 16.7 Å². The third-order valence-corrected chi connectivity index (χ3v) is 4.09. The van der Waals surface area contributed by atoms with Crippen molar-refractivity contribution in [2.24, 2.45) is 0 Å². The lowest BCUT2D eigenvalue weighted by Gasteiger charge is -2.07. The predicted octanol–water partition coefficient (Wildman–Crippen LogP) is 4.10. The molecule has 0 saturated carbocycles. The highest BCUT2D eigenvalue weighted by atomic mass is 16.3. The van der Waals surface area contributed by atoms with Gasteiger partial charge in [-0.2, -0.15) is 9.97 Å². The van der Waals surface area contributed by atoms with Crippen molar-refractivity contribution in [3.63, 3.8) is 0 Å². The summed E-state index contributed by atoms with van der Waals surface area (Å²) in [6.07, 6.45) is 3.66. The van der Waals surface area contributed by atoms with Gasteiger partial charge in [-0.25, -0.2) is 0 Å². The lowest BCUT2D eigenvalue weighted by Crippen LogP contribution is -1.99. The topological polar surface area (TPSA) is 91.0 Å². The van der Waals surface area contributed by atoms with Crippen molar-refractivity contribution < 1.29 is 4.42 Å². The molecule has 4 rings (SSSR count). The molecule has 0 aliphatic carbocycles. The number of rotatable bonds is 2. The van der Waals surface area contributed by atoms with E-state index in [9.17, 15) is 0 Å². The van der Waals surface area contributed by atoms with E-state index in [-0.39, 0.29) is 5.95 Å². The lowest BCUT2D eigenvalue weighted by atomic mass is 9.98. The van der Waals surface area contributed by atoms with Crippen molar-refractivity contribution in [2.45, 2.75) is 6.92 Å². The summed E-state index contributed by atoms with van der Waals surface area (Å²) in [7, 11) is 0. The van der Waals surface area contributed by atoms with Crippen LogP contribution in [0.1, 0.15) is 18.1 Å². The number of hydrogen-bond acceptors (Lipinski definition) is 5. The van der Waals surface area contributed by atoms with Crippen molar-refractivity contribution >= 4 is 45.3 Å². The van der Waals surface area contributed by atoms with Crippen LogP contribution >= 0.6 is 0 Å². The predicted molar refractivity (Wildman–Crippen MR) is 98.1 cm³/mol. The van der Waals surface area contributed by atoms with Gasteiger partial charge >= 0.3 is 0 Å². The zero-order chi connectivity index (χ0) is 16.7. The molecule has 2 heterocycles. The molecule has 5 heteroatoms. The number of allylic oxidation sites excluding steroid dienone is 1. The van der Waals surface area contributed by atoms with Crippen molar-refractivity contribution in [3.05, 3.63) is 59.9 Å². The summed E-state index contributed by atoms with van der Waals surface area (Å²) < 4.78 is 5.48. The Labute approximate surface area is 138 Å². The number of furan rings is 1. The molecule has 5 nitrogen and oxygen atoms in total. The van der Waals surface area contributed by atoms with E-state index in [2.05, 4.69) is 47.2 Å². The lowest BCUT2D eigenvalue weighted by molar-refractivity contribution is 0.602. The highest BCUT2D eigenvalue weighted by Crippen LogP contribution is 2.31. The SMILES string of the molecule is C/C(=C\c1coc2nc(N)nc(N)c12)c1cccc2ccccc12. The summed E-state index contributed by atoms with van der Waals surface area (Å²) in [6.45, 7) is 2.06. The quantitative estimate of drug-likeness (QED) is 0.581. The van der Waals surface area contributed by atoms with Crippen molar-refractivity contribution in [1.82, 2.24) is 9.97 Å². The summed E-state index contributed by atoms with van der Waals surface area (Å²) in [5, 5.41) is 3.09. The largest absolute Gasteiger partial charge is 0.445 e. The van der Waals surface area contributed by atoms with Crippen molar-refractivity contribution in [2.75, 3.05) is 11.5 Å². The number of benzene rings is 2. The first kappa shape index (κ1) is 14.3. The van der Waals surface area contributed by atoms with Gasteiger partial charge in [0.2, 0.25) is 11.7 Å². The number of anilines is 2. The molecular weight excluding hydrogens is 300 g/mol. The van der Waals surface area contributed by atoms with E-state index in [4.69, 9.17) is 15.9 Å². The Bertz CT molecular complexity index is 1090. The number of nitrogen functional groups attached to an aromatic ring is 2. The molecule has 0 aliphatic rings. The Morgan fingerprint density at radius 2 is 1.83 bits per heavy atom. The summed E-state index contributed by atoms with van der Waals surface area (Å²) >= 11 is 0.